The maximum absolute atomic E-state index is 13.1. The van der Waals surface area contributed by atoms with E-state index < -0.39 is 36.1 Å². The SMILES string of the molecule is COc1c(N2CCC(CNC(=O)OC(C)(C)C)CC2)ccc2c(=O)c(C(=O)OB(F)F)cn(C3CC3)c12. The molecule has 0 atom stereocenters. The highest BCUT2D eigenvalue weighted by Crippen LogP contribution is 2.43. The number of anilines is 1. The van der Waals surface area contributed by atoms with Crippen LogP contribution in [0.4, 0.5) is 19.1 Å². The highest BCUT2D eigenvalue weighted by Gasteiger charge is 2.32. The molecule has 1 saturated heterocycles. The van der Waals surface area contributed by atoms with Gasteiger partial charge in [-0.25, -0.2) is 18.2 Å². The zero-order valence-corrected chi connectivity index (χ0v) is 21.5. The lowest BCUT2D eigenvalue weighted by Crippen LogP contribution is -2.40. The van der Waals surface area contributed by atoms with E-state index in [9.17, 15) is 23.0 Å². The summed E-state index contributed by atoms with van der Waals surface area (Å²) in [4.78, 5) is 39.4. The van der Waals surface area contributed by atoms with Gasteiger partial charge in [-0.15, -0.1) is 0 Å². The van der Waals surface area contributed by atoms with Crippen molar-refractivity contribution in [1.82, 2.24) is 9.88 Å². The van der Waals surface area contributed by atoms with Crippen LogP contribution in [0, 0.1) is 5.92 Å². The minimum absolute atomic E-state index is 0.0371. The van der Waals surface area contributed by atoms with E-state index in [1.165, 1.54) is 13.3 Å². The number of amides is 1. The number of pyridine rings is 1. The molecule has 1 amide bonds. The number of fused-ring (bicyclic) bond motifs is 1. The molecule has 37 heavy (non-hydrogen) atoms. The number of rotatable bonds is 7. The summed E-state index contributed by atoms with van der Waals surface area (Å²) in [5.74, 6) is -0.551. The summed E-state index contributed by atoms with van der Waals surface area (Å²) >= 11 is 0. The second-order valence-corrected chi connectivity index (χ2v) is 10.5. The molecule has 1 aliphatic carbocycles. The first-order chi connectivity index (χ1) is 17.5. The summed E-state index contributed by atoms with van der Waals surface area (Å²) in [6.45, 7) is 7.42. The van der Waals surface area contributed by atoms with E-state index in [4.69, 9.17) is 9.47 Å². The zero-order valence-electron chi connectivity index (χ0n) is 21.5. The summed E-state index contributed by atoms with van der Waals surface area (Å²) in [5.41, 5.74) is -0.298. The number of carbonyl (C=O) groups is 2. The smallest absolute Gasteiger partial charge is 0.492 e. The number of nitrogens with one attached hydrogen (secondary N) is 1. The molecule has 12 heteroatoms. The Kier molecular flexibility index (Phi) is 7.65. The number of nitrogens with zero attached hydrogens (tertiary/aromatic N) is 2. The van der Waals surface area contributed by atoms with Gasteiger partial charge in [-0.1, -0.05) is 0 Å². The number of methoxy groups -OCH3 is 1. The van der Waals surface area contributed by atoms with Crippen LogP contribution in [0.2, 0.25) is 0 Å². The van der Waals surface area contributed by atoms with Crippen molar-refractivity contribution < 1.29 is 32.3 Å². The van der Waals surface area contributed by atoms with Gasteiger partial charge in [0.2, 0.25) is 5.43 Å². The number of ether oxygens (including phenoxy) is 2. The first-order valence-corrected chi connectivity index (χ1v) is 12.4. The molecule has 1 aromatic heterocycles. The van der Waals surface area contributed by atoms with E-state index in [1.807, 2.05) is 20.8 Å². The lowest BCUT2D eigenvalue weighted by atomic mass is 9.96. The van der Waals surface area contributed by atoms with Crippen molar-refractivity contribution in [2.75, 3.05) is 31.6 Å². The summed E-state index contributed by atoms with van der Waals surface area (Å²) in [6.07, 6.45) is 4.24. The van der Waals surface area contributed by atoms with Crippen LogP contribution in [-0.4, -0.2) is 56.4 Å². The number of carbonyl (C=O) groups excluding carboxylic acids is 2. The largest absolute Gasteiger partial charge is 0.798 e. The number of piperidine rings is 1. The molecule has 200 valence electrons. The van der Waals surface area contributed by atoms with Crippen LogP contribution in [0.5, 0.6) is 5.75 Å². The predicted molar refractivity (Wildman–Crippen MR) is 136 cm³/mol. The maximum atomic E-state index is 13.1. The van der Waals surface area contributed by atoms with Crippen LogP contribution in [0.25, 0.3) is 10.9 Å². The lowest BCUT2D eigenvalue weighted by molar-refractivity contribution is 0.0516. The summed E-state index contributed by atoms with van der Waals surface area (Å²) in [7, 11) is -1.78. The number of alkyl carbamates (subject to hydrolysis) is 1. The van der Waals surface area contributed by atoms with E-state index in [-0.39, 0.29) is 11.4 Å². The molecule has 2 fully saturated rings. The Labute approximate surface area is 214 Å². The highest BCUT2D eigenvalue weighted by atomic mass is 19.2. The Morgan fingerprint density at radius 2 is 1.81 bits per heavy atom. The second-order valence-electron chi connectivity index (χ2n) is 10.5. The molecule has 0 radical (unpaired) electrons. The standard InChI is InChI=1S/C25H32BF2N3O6/c1-25(2,3)36-24(34)29-13-15-9-11-30(12-10-15)19-8-7-17-20(22(19)35-4)31(16-5-6-16)14-18(21(17)32)23(33)37-26(27)28/h7-8,14-16H,5-6,9-13H2,1-4H3,(H,29,34). The Balaban J connectivity index is 1.57. The predicted octanol–water partition coefficient (Wildman–Crippen LogP) is 4.17. The van der Waals surface area contributed by atoms with Crippen LogP contribution in [0.1, 0.15) is 62.9 Å². The molecule has 2 aliphatic rings. The van der Waals surface area contributed by atoms with Crippen LogP contribution in [0.15, 0.2) is 23.1 Å². The van der Waals surface area contributed by atoms with Crippen LogP contribution < -0.4 is 20.4 Å². The molecule has 1 saturated carbocycles. The molecule has 9 nitrogen and oxygen atoms in total. The van der Waals surface area contributed by atoms with Gasteiger partial charge < -0.3 is 28.9 Å². The fraction of sp³-hybridized carbons (Fsp3) is 0.560. The molecule has 0 unspecified atom stereocenters. The van der Waals surface area contributed by atoms with Gasteiger partial charge in [0.1, 0.15) is 11.2 Å². The third kappa shape index (κ3) is 6.16. The topological polar surface area (TPSA) is 99.1 Å². The number of benzene rings is 1. The van der Waals surface area contributed by atoms with Crippen molar-refractivity contribution in [2.24, 2.45) is 5.92 Å². The Morgan fingerprint density at radius 1 is 1.14 bits per heavy atom. The zero-order chi connectivity index (χ0) is 26.9. The number of hydrogen-bond donors (Lipinski definition) is 1. The minimum atomic E-state index is -3.31. The van der Waals surface area contributed by atoms with Crippen molar-refractivity contribution in [3.63, 3.8) is 0 Å². The third-order valence-corrected chi connectivity index (χ3v) is 6.58. The van der Waals surface area contributed by atoms with Gasteiger partial charge >= 0.3 is 19.5 Å². The molecular formula is C25H32BF2N3O6. The van der Waals surface area contributed by atoms with Crippen molar-refractivity contribution >= 4 is 36.1 Å². The van der Waals surface area contributed by atoms with E-state index in [0.717, 1.165) is 44.5 Å². The number of halogens is 2. The summed E-state index contributed by atoms with van der Waals surface area (Å²) in [6, 6.07) is 3.42. The first kappa shape index (κ1) is 26.7. The Bertz CT molecular complexity index is 1230. The molecule has 0 spiro atoms. The van der Waals surface area contributed by atoms with Crippen molar-refractivity contribution in [3.8, 4) is 5.75 Å². The summed E-state index contributed by atoms with van der Waals surface area (Å²) < 4.78 is 42.2. The van der Waals surface area contributed by atoms with E-state index >= 15 is 0 Å². The minimum Gasteiger partial charge on any atom is -0.492 e. The Morgan fingerprint density at radius 3 is 2.38 bits per heavy atom. The van der Waals surface area contributed by atoms with Gasteiger partial charge in [-0.2, -0.15) is 0 Å². The molecule has 1 aliphatic heterocycles. The van der Waals surface area contributed by atoms with Gasteiger partial charge in [0.05, 0.1) is 23.7 Å². The van der Waals surface area contributed by atoms with E-state index in [2.05, 4.69) is 14.9 Å². The van der Waals surface area contributed by atoms with E-state index in [1.54, 1.807) is 16.7 Å². The number of aromatic nitrogens is 1. The van der Waals surface area contributed by atoms with Gasteiger partial charge in [0.25, 0.3) is 0 Å². The average molecular weight is 519 g/mol. The van der Waals surface area contributed by atoms with Crippen LogP contribution in [-0.2, 0) is 9.39 Å². The fourth-order valence-electron chi connectivity index (χ4n) is 4.71. The molecule has 2 aromatic rings. The number of hydrogen-bond acceptors (Lipinski definition) is 7. The molecule has 2 heterocycles. The van der Waals surface area contributed by atoms with Crippen molar-refractivity contribution in [3.05, 3.63) is 34.1 Å². The second kappa shape index (κ2) is 10.6. The quantitative estimate of drug-likeness (QED) is 0.549. The van der Waals surface area contributed by atoms with Crippen molar-refractivity contribution in [2.45, 2.75) is 58.1 Å². The molecule has 1 N–H and O–H groups in total. The normalized spacial score (nSPS) is 16.4. The van der Waals surface area contributed by atoms with Crippen molar-refractivity contribution in [1.29, 1.82) is 0 Å². The first-order valence-electron chi connectivity index (χ1n) is 12.4. The Hall–Kier alpha value is -3.31. The molecule has 4 rings (SSSR count). The van der Waals surface area contributed by atoms with E-state index in [0.29, 0.717) is 23.7 Å². The summed E-state index contributed by atoms with van der Waals surface area (Å²) in [5, 5.41) is 3.06. The van der Waals surface area contributed by atoms with Crippen LogP contribution in [0.3, 0.4) is 0 Å². The van der Waals surface area contributed by atoms with Crippen LogP contribution >= 0.6 is 0 Å². The highest BCUT2D eigenvalue weighted by molar-refractivity contribution is 6.38. The third-order valence-electron chi connectivity index (χ3n) is 6.58. The van der Waals surface area contributed by atoms with Gasteiger partial charge in [-0.05, 0) is 64.5 Å². The fourth-order valence-corrected chi connectivity index (χ4v) is 4.71. The van der Waals surface area contributed by atoms with Gasteiger partial charge in [-0.3, -0.25) is 4.79 Å². The maximum Gasteiger partial charge on any atom is 0.798 e. The lowest BCUT2D eigenvalue weighted by Gasteiger charge is -2.35. The molecule has 0 bridgehead atoms. The molecule has 1 aromatic carbocycles. The van der Waals surface area contributed by atoms with Gasteiger partial charge in [0.15, 0.2) is 5.75 Å². The monoisotopic (exact) mass is 519 g/mol. The average Bonchev–Trinajstić information content (AvgIpc) is 3.66. The molecular weight excluding hydrogens is 487 g/mol. The van der Waals surface area contributed by atoms with Gasteiger partial charge in [0, 0.05) is 31.9 Å².